The number of thioether (sulfide) groups is 1. The standard InChI is InChI=1S/C30H28N6O2S.C30H28N6OS.C29H27N7OS.C23H21FN6OS/c1-19-8-6-11-23(31-19)21-16-14-20(15-17-21)18-35-29(39(38)22-9-4-3-5-10-22)26-27(33-35)36-25-13-7-12-24(25)32-30(36)34(2)28(26)37;1-19-8-6-11-23(31-19)21-16-14-20(15-17-21)18-35-29(38-22-9-4-3-5-10-22)26-27(33-35)36-25-13-7-12-24(25)32-30(36)34(2)28(26)37;1-18-7-5-8-21(31-18)20-14-12-19(13-15-20)17-35-28(38-24-11-3-4-16-30-24)25-26(33-35)36-23-10-6-9-22(23)32-29(36)34(2)27(25)37;1-32-22-19-20(30-17-6-2-5-16(17)26-23(30)27-21(19)31)28-29(22)12-13-8-10-14(11-9-13)15-4-3-7-18(24)25-15/h3-6,8-11,14-17,24-25H,7,12-13,18H2,1-2H3;3-6,8-11,14-17,24-25H,7,12-13,18H2,1-2H3;3-5,7-8,11-16,22-23H,6,9-10,17H2,1-2H3;3-4,7-11,16-17H,2,5-6,12H2,1H3,(H,26,27,31)/t24-,25+,39?;24-,25+;22-,23+;16-,17+/m1111/s1. The number of halogens is 1. The lowest BCUT2D eigenvalue weighted by atomic mass is 10.1. The highest BCUT2D eigenvalue weighted by atomic mass is 32.2. The largest absolute Gasteiger partial charge is 0.351 e. The Balaban J connectivity index is 0.000000105. The second-order valence-electron chi connectivity index (χ2n) is 38.8. The van der Waals surface area contributed by atoms with Crippen molar-refractivity contribution in [2.75, 3.05) is 47.4 Å². The topological polar surface area (TPSA) is 307 Å². The number of aryl methyl sites for hydroxylation is 3. The quantitative estimate of drug-likeness (QED) is 0.0581. The third-order valence-electron chi connectivity index (χ3n) is 29.3. The van der Waals surface area contributed by atoms with Gasteiger partial charge in [0.2, 0.25) is 29.8 Å². The lowest BCUT2D eigenvalue weighted by molar-refractivity contribution is 0.0853. The van der Waals surface area contributed by atoms with Gasteiger partial charge in [0.1, 0.15) is 58.0 Å². The Kier molecular flexibility index (Phi) is 25.2. The average molecular weight is 2030 g/mol. The molecule has 3 amide bonds. The highest BCUT2D eigenvalue weighted by Crippen LogP contribution is 2.50. The zero-order valence-electron chi connectivity index (χ0n) is 82.0. The number of nitrogens with zero attached hydrogens (tertiary/aromatic N) is 24. The number of rotatable bonds is 19. The third-order valence-corrected chi connectivity index (χ3v) is 33.8. The van der Waals surface area contributed by atoms with Gasteiger partial charge in [0, 0.05) is 82.5 Å². The van der Waals surface area contributed by atoms with Gasteiger partial charge in [-0.05, 0) is 223 Å². The van der Waals surface area contributed by atoms with Crippen molar-refractivity contribution in [1.29, 1.82) is 0 Å². The van der Waals surface area contributed by atoms with Crippen LogP contribution < -0.4 is 25.6 Å². The Morgan fingerprint density at radius 2 is 0.796 bits per heavy atom. The molecular weight excluding hydrogens is 1920 g/mol. The SMILES string of the molecule is CSc1c2c(=O)nc3n(c2nn1Cc1ccc(-c2cccc(F)n2)cc1)[C@H]1CCC[C@H]1N3.Cc1cccc(-c2ccc(Cn3nc4c(c3S(=O)c3ccccc3)C(=O)N(C)C3=N[C@@H]5CCC[C@@H]5N34)cc2)n1.Cc1cccc(-c2ccc(Cn3nc4c(c3Sc3ccccc3)C(=O)N(C)C3=N[C@@H]5CCC[C@@H]5N34)cc2)n1.Cc1cccc(-c2ccc(Cn3nc4c(c3Sc3ccccn3)C(=O)N(C)C3=N[C@@H]5CCC[C@@H]5N34)cc2)n1. The van der Waals surface area contributed by atoms with Crippen molar-refractivity contribution < 1.29 is 23.0 Å². The zero-order chi connectivity index (χ0) is 100. The maximum Gasteiger partial charge on any atom is 0.286 e. The van der Waals surface area contributed by atoms with Gasteiger partial charge in [0.15, 0.2) is 23.1 Å². The molecule has 0 spiro atoms. The summed E-state index contributed by atoms with van der Waals surface area (Å²) < 4.78 is 37.2. The van der Waals surface area contributed by atoms with Gasteiger partial charge in [-0.2, -0.15) is 29.8 Å². The summed E-state index contributed by atoms with van der Waals surface area (Å²) in [6, 6.07) is 83.1. The highest BCUT2D eigenvalue weighted by Gasteiger charge is 2.54. The minimum absolute atomic E-state index is 0.0412. The summed E-state index contributed by atoms with van der Waals surface area (Å²) in [6.07, 6.45) is 16.7. The van der Waals surface area contributed by atoms with Crippen molar-refractivity contribution in [1.82, 2.24) is 88.3 Å². The predicted octanol–water partition coefficient (Wildman–Crippen LogP) is 19.4. The van der Waals surface area contributed by atoms with Crippen LogP contribution in [0, 0.1) is 26.7 Å². The van der Waals surface area contributed by atoms with Crippen LogP contribution >= 0.6 is 35.3 Å². The fourth-order valence-electron chi connectivity index (χ4n) is 22.2. The molecule has 147 heavy (non-hydrogen) atoms. The molecule has 17 heterocycles. The van der Waals surface area contributed by atoms with Crippen molar-refractivity contribution >= 4 is 116 Å². The van der Waals surface area contributed by atoms with Crippen molar-refractivity contribution in [3.8, 4) is 45.0 Å². The van der Waals surface area contributed by atoms with Crippen LogP contribution in [-0.4, -0.2) is 198 Å². The van der Waals surface area contributed by atoms with Crippen LogP contribution in [0.5, 0.6) is 0 Å². The Hall–Kier alpha value is -15.2. The number of carbonyl (C=O) groups is 3. The number of anilines is 4. The van der Waals surface area contributed by atoms with Gasteiger partial charge in [-0.25, -0.2) is 33.8 Å². The van der Waals surface area contributed by atoms with E-state index in [0.29, 0.717) is 99.3 Å². The Labute approximate surface area is 863 Å². The molecule has 4 fully saturated rings. The van der Waals surface area contributed by atoms with E-state index in [1.165, 1.54) is 29.6 Å². The van der Waals surface area contributed by atoms with Crippen LogP contribution in [-0.2, 0) is 37.0 Å². The molecule has 11 aliphatic rings. The molecular formula is C112H104FN25O5S4. The monoisotopic (exact) mass is 2030 g/mol. The second-order valence-corrected chi connectivity index (χ2v) is 43.1. The average Bonchev–Trinajstić information content (AvgIpc) is 1.53. The van der Waals surface area contributed by atoms with E-state index in [0.717, 1.165) is 204 Å². The number of carbonyl (C=O) groups excluding carboxylic acids is 3. The molecule has 0 saturated heterocycles. The maximum atomic E-state index is 14.1. The molecule has 30 nitrogen and oxygen atoms in total. The molecule has 4 aliphatic carbocycles. The first-order chi connectivity index (χ1) is 71.7. The first-order valence-electron chi connectivity index (χ1n) is 50.0. The third kappa shape index (κ3) is 17.6. The van der Waals surface area contributed by atoms with Crippen molar-refractivity contribution in [2.45, 2.75) is 207 Å². The van der Waals surface area contributed by atoms with Gasteiger partial charge < -0.3 is 5.32 Å². The predicted molar refractivity (Wildman–Crippen MR) is 570 cm³/mol. The van der Waals surface area contributed by atoms with E-state index < -0.39 is 16.7 Å². The molecule has 16 aromatic rings. The normalized spacial score (nSPS) is 19.9. The van der Waals surface area contributed by atoms with Crippen molar-refractivity contribution in [3.63, 3.8) is 0 Å². The second kappa shape index (κ2) is 39.3. The molecule has 35 heteroatoms. The fourth-order valence-corrected chi connectivity index (χ4v) is 26.2. The van der Waals surface area contributed by atoms with Crippen molar-refractivity contribution in [2.24, 2.45) is 15.0 Å². The summed E-state index contributed by atoms with van der Waals surface area (Å²) in [4.78, 5) is 109. The number of fused-ring (bicyclic) bond motifs is 20. The van der Waals surface area contributed by atoms with Gasteiger partial charge in [-0.1, -0.05) is 176 Å². The van der Waals surface area contributed by atoms with E-state index in [2.05, 4.69) is 115 Å². The summed E-state index contributed by atoms with van der Waals surface area (Å²) in [7, 11) is 3.81. The lowest BCUT2D eigenvalue weighted by Crippen LogP contribution is -2.51. The van der Waals surface area contributed by atoms with E-state index in [9.17, 15) is 27.8 Å². The number of amides is 3. The number of pyridine rings is 5. The van der Waals surface area contributed by atoms with Gasteiger partial charge in [0.05, 0.1) is 91.2 Å². The number of guanidine groups is 3. The zero-order valence-corrected chi connectivity index (χ0v) is 85.2. The number of aliphatic imine (C=N–C) groups is 3. The van der Waals surface area contributed by atoms with E-state index in [4.69, 9.17) is 35.4 Å². The van der Waals surface area contributed by atoms with Crippen LogP contribution in [0.25, 0.3) is 56.1 Å². The number of aromatic nitrogens is 15. The van der Waals surface area contributed by atoms with Crippen LogP contribution in [0.2, 0.25) is 0 Å². The smallest absolute Gasteiger partial charge is 0.286 e. The summed E-state index contributed by atoms with van der Waals surface area (Å²) in [5, 5.41) is 27.8. The molecule has 27 rings (SSSR count). The molecule has 9 atom stereocenters. The first-order valence-corrected chi connectivity index (χ1v) is 54.0. The molecule has 1 unspecified atom stereocenters. The molecule has 10 aromatic heterocycles. The van der Waals surface area contributed by atoms with Crippen LogP contribution in [0.3, 0.4) is 0 Å². The highest BCUT2D eigenvalue weighted by molar-refractivity contribution is 7.99. The maximum absolute atomic E-state index is 14.1. The molecule has 6 aromatic carbocycles. The minimum atomic E-state index is -1.60. The molecule has 0 bridgehead atoms. The fraction of sp³-hybridized carbons (Fsp3) is 0.277. The molecule has 738 valence electrons. The molecule has 7 aliphatic heterocycles. The molecule has 4 saturated carbocycles. The lowest BCUT2D eigenvalue weighted by Gasteiger charge is -2.34. The molecule has 1 N–H and O–H groups in total. The molecule has 0 radical (unpaired) electrons. The van der Waals surface area contributed by atoms with Gasteiger partial charge >= 0.3 is 0 Å². The van der Waals surface area contributed by atoms with Crippen LogP contribution in [0.1, 0.15) is 154 Å². The van der Waals surface area contributed by atoms with Crippen LogP contribution in [0.15, 0.2) is 310 Å². The summed E-state index contributed by atoms with van der Waals surface area (Å²) in [6.45, 7) is 8.00. The van der Waals surface area contributed by atoms with E-state index in [1.807, 2.05) is 225 Å². The van der Waals surface area contributed by atoms with Gasteiger partial charge in [0.25, 0.3) is 23.3 Å². The number of hydrogen-bond donors (Lipinski definition) is 1. The van der Waals surface area contributed by atoms with E-state index in [1.54, 1.807) is 56.5 Å². The van der Waals surface area contributed by atoms with E-state index in [-0.39, 0.29) is 59.5 Å². The summed E-state index contributed by atoms with van der Waals surface area (Å²) >= 11 is 4.60. The minimum Gasteiger partial charge on any atom is -0.351 e. The Bertz CT molecular complexity index is 7800. The van der Waals surface area contributed by atoms with Gasteiger partial charge in [-0.15, -0.1) is 11.8 Å². The first kappa shape index (κ1) is 94.1. The van der Waals surface area contributed by atoms with E-state index >= 15 is 0 Å². The summed E-state index contributed by atoms with van der Waals surface area (Å²) in [5.74, 6) is 3.99. The van der Waals surface area contributed by atoms with Crippen molar-refractivity contribution in [3.05, 3.63) is 327 Å². The van der Waals surface area contributed by atoms with Gasteiger partial charge in [-0.3, -0.25) is 82.1 Å². The summed E-state index contributed by atoms with van der Waals surface area (Å²) in [5.41, 5.74) is 16.9. The number of hydrogen-bond acceptors (Lipinski definition) is 25. The number of nitrogens with one attached hydrogen (secondary N) is 1. The number of benzene rings is 6. The van der Waals surface area contributed by atoms with Crippen LogP contribution in [0.4, 0.5) is 27.8 Å². The Morgan fingerprint density at radius 3 is 1.24 bits per heavy atom. The Morgan fingerprint density at radius 1 is 0.395 bits per heavy atom.